The van der Waals surface area contributed by atoms with Gasteiger partial charge in [0.05, 0.1) is 23.4 Å². The van der Waals surface area contributed by atoms with Gasteiger partial charge in [-0.3, -0.25) is 4.90 Å². The number of ether oxygens (including phenoxy) is 1. The van der Waals surface area contributed by atoms with Crippen molar-refractivity contribution in [1.82, 2.24) is 4.90 Å². The molecular weight excluding hydrogens is 319 g/mol. The minimum atomic E-state index is -4.32. The number of hydrogen-bond acceptors (Lipinski definition) is 3. The Bertz CT molecular complexity index is 578. The molecule has 24 heavy (non-hydrogen) atoms. The Hall–Kier alpha value is -1.11. The molecule has 2 fully saturated rings. The molecule has 0 aliphatic carbocycles. The first-order valence-electron chi connectivity index (χ1n) is 8.43. The second kappa shape index (κ2) is 6.32. The van der Waals surface area contributed by atoms with Crippen LogP contribution in [0.15, 0.2) is 24.3 Å². The van der Waals surface area contributed by atoms with Crippen LogP contribution in [0.25, 0.3) is 0 Å². The fourth-order valence-corrected chi connectivity index (χ4v) is 3.94. The van der Waals surface area contributed by atoms with Crippen molar-refractivity contribution in [3.63, 3.8) is 0 Å². The molecule has 1 aromatic rings. The maximum Gasteiger partial charge on any atom is 0.416 e. The van der Waals surface area contributed by atoms with E-state index >= 15 is 0 Å². The highest BCUT2D eigenvalue weighted by atomic mass is 19.4. The van der Waals surface area contributed by atoms with Gasteiger partial charge >= 0.3 is 6.18 Å². The Kier molecular flexibility index (Phi) is 4.66. The molecule has 0 radical (unpaired) electrons. The quantitative estimate of drug-likeness (QED) is 0.891. The molecule has 2 aliphatic rings. The van der Waals surface area contributed by atoms with Crippen LogP contribution in [0.4, 0.5) is 13.2 Å². The number of piperidine rings is 1. The second-order valence-electron chi connectivity index (χ2n) is 7.39. The normalized spacial score (nSPS) is 28.2. The van der Waals surface area contributed by atoms with Crippen LogP contribution in [0, 0.1) is 0 Å². The van der Waals surface area contributed by atoms with Crippen LogP contribution in [0.1, 0.15) is 43.7 Å². The van der Waals surface area contributed by atoms with Crippen LogP contribution in [0.5, 0.6) is 0 Å². The molecule has 1 spiro atoms. The van der Waals surface area contributed by atoms with Gasteiger partial charge in [0, 0.05) is 26.1 Å². The third-order valence-corrected chi connectivity index (χ3v) is 5.24. The third-order valence-electron chi connectivity index (χ3n) is 5.24. The fraction of sp³-hybridized carbons (Fsp3) is 0.667. The van der Waals surface area contributed by atoms with E-state index in [1.807, 2.05) is 11.8 Å². The highest BCUT2D eigenvalue weighted by molar-refractivity contribution is 5.29. The number of nitrogens with zero attached hydrogens (tertiary/aromatic N) is 1. The molecule has 2 saturated heterocycles. The summed E-state index contributed by atoms with van der Waals surface area (Å²) in [6.45, 7) is 4.04. The van der Waals surface area contributed by atoms with E-state index in [0.717, 1.165) is 18.9 Å². The van der Waals surface area contributed by atoms with Crippen LogP contribution in [-0.4, -0.2) is 40.9 Å². The summed E-state index contributed by atoms with van der Waals surface area (Å²) in [6.07, 6.45) is -1.59. The first kappa shape index (κ1) is 17.7. The smallest absolute Gasteiger partial charge is 0.390 e. The van der Waals surface area contributed by atoms with Gasteiger partial charge in [-0.15, -0.1) is 0 Å². The van der Waals surface area contributed by atoms with E-state index in [4.69, 9.17) is 4.74 Å². The third kappa shape index (κ3) is 3.92. The zero-order valence-corrected chi connectivity index (χ0v) is 13.9. The zero-order chi connectivity index (χ0) is 17.4. The summed E-state index contributed by atoms with van der Waals surface area (Å²) < 4.78 is 45.3. The molecule has 2 aliphatic heterocycles. The predicted molar refractivity (Wildman–Crippen MR) is 84.5 cm³/mol. The van der Waals surface area contributed by atoms with Crippen molar-refractivity contribution in [1.29, 1.82) is 0 Å². The molecule has 3 nitrogen and oxygen atoms in total. The van der Waals surface area contributed by atoms with Crippen LogP contribution >= 0.6 is 0 Å². The van der Waals surface area contributed by atoms with Gasteiger partial charge in [-0.2, -0.15) is 13.2 Å². The molecule has 0 bridgehead atoms. The van der Waals surface area contributed by atoms with Gasteiger partial charge in [0.1, 0.15) is 0 Å². The highest BCUT2D eigenvalue weighted by Crippen LogP contribution is 2.40. The van der Waals surface area contributed by atoms with E-state index in [2.05, 4.69) is 0 Å². The average molecular weight is 343 g/mol. The summed E-state index contributed by atoms with van der Waals surface area (Å²) in [5.41, 5.74) is -1.26. The molecule has 6 heteroatoms. The molecule has 3 rings (SSSR count). The standard InChI is InChI=1S/C18H24F3NO2/c1-16(23)8-11-24-17(13-16)6-9-22(10-7-17)12-14-4-2-3-5-15(14)18(19,20)21/h2-5,23H,6-13H2,1H3. The number of likely N-dealkylation sites (tertiary alicyclic amines) is 1. The number of benzene rings is 1. The fourth-order valence-electron chi connectivity index (χ4n) is 3.94. The molecular formula is C18H24F3NO2. The lowest BCUT2D eigenvalue weighted by atomic mass is 9.78. The molecule has 1 aromatic carbocycles. The average Bonchev–Trinajstić information content (AvgIpc) is 2.48. The van der Waals surface area contributed by atoms with Crippen molar-refractivity contribution < 1.29 is 23.0 Å². The molecule has 134 valence electrons. The minimum absolute atomic E-state index is 0.294. The monoisotopic (exact) mass is 343 g/mol. The number of hydrogen-bond donors (Lipinski definition) is 1. The van der Waals surface area contributed by atoms with E-state index in [9.17, 15) is 18.3 Å². The first-order chi connectivity index (χ1) is 11.2. The van der Waals surface area contributed by atoms with E-state index in [-0.39, 0.29) is 5.60 Å². The Balaban J connectivity index is 1.64. The van der Waals surface area contributed by atoms with E-state index in [1.165, 1.54) is 6.07 Å². The summed E-state index contributed by atoms with van der Waals surface area (Å²) in [7, 11) is 0. The second-order valence-corrected chi connectivity index (χ2v) is 7.39. The summed E-state index contributed by atoms with van der Waals surface area (Å²) in [4.78, 5) is 2.04. The molecule has 1 atom stereocenters. The number of halogens is 3. The zero-order valence-electron chi connectivity index (χ0n) is 13.9. The number of aliphatic hydroxyl groups is 1. The lowest BCUT2D eigenvalue weighted by Gasteiger charge is -2.48. The summed E-state index contributed by atoms with van der Waals surface area (Å²) in [5, 5.41) is 10.3. The maximum absolute atomic E-state index is 13.1. The van der Waals surface area contributed by atoms with E-state index in [0.29, 0.717) is 44.6 Å². The van der Waals surface area contributed by atoms with Crippen LogP contribution in [0.2, 0.25) is 0 Å². The number of alkyl halides is 3. The Morgan fingerprint density at radius 3 is 2.46 bits per heavy atom. The Labute approximate surface area is 140 Å². The van der Waals surface area contributed by atoms with Crippen molar-refractivity contribution in [3.8, 4) is 0 Å². The van der Waals surface area contributed by atoms with Crippen LogP contribution in [0.3, 0.4) is 0 Å². The van der Waals surface area contributed by atoms with Gasteiger partial charge in [-0.1, -0.05) is 18.2 Å². The van der Waals surface area contributed by atoms with Crippen molar-refractivity contribution in [2.45, 2.75) is 56.5 Å². The maximum atomic E-state index is 13.1. The highest BCUT2D eigenvalue weighted by Gasteiger charge is 2.44. The van der Waals surface area contributed by atoms with Gasteiger partial charge in [0.25, 0.3) is 0 Å². The van der Waals surface area contributed by atoms with Gasteiger partial charge in [-0.05, 0) is 37.8 Å². The van der Waals surface area contributed by atoms with E-state index in [1.54, 1.807) is 12.1 Å². The molecule has 0 amide bonds. The number of rotatable bonds is 2. The Morgan fingerprint density at radius 2 is 1.83 bits per heavy atom. The van der Waals surface area contributed by atoms with Gasteiger partial charge in [-0.25, -0.2) is 0 Å². The van der Waals surface area contributed by atoms with Crippen molar-refractivity contribution >= 4 is 0 Å². The molecule has 2 heterocycles. The van der Waals surface area contributed by atoms with Gasteiger partial charge in [0.15, 0.2) is 0 Å². The lowest BCUT2D eigenvalue weighted by Crippen LogP contribution is -2.53. The summed E-state index contributed by atoms with van der Waals surface area (Å²) in [5.74, 6) is 0. The van der Waals surface area contributed by atoms with Gasteiger partial charge < -0.3 is 9.84 Å². The largest absolute Gasteiger partial charge is 0.416 e. The minimum Gasteiger partial charge on any atom is -0.390 e. The van der Waals surface area contributed by atoms with Crippen molar-refractivity contribution in [2.24, 2.45) is 0 Å². The van der Waals surface area contributed by atoms with E-state index < -0.39 is 17.3 Å². The molecule has 1 N–H and O–H groups in total. The summed E-state index contributed by atoms with van der Waals surface area (Å²) in [6, 6.07) is 5.77. The molecule has 1 unspecified atom stereocenters. The lowest BCUT2D eigenvalue weighted by molar-refractivity contribution is -0.173. The van der Waals surface area contributed by atoms with Crippen LogP contribution in [-0.2, 0) is 17.5 Å². The first-order valence-corrected chi connectivity index (χ1v) is 8.43. The van der Waals surface area contributed by atoms with Crippen LogP contribution < -0.4 is 0 Å². The Morgan fingerprint density at radius 1 is 1.17 bits per heavy atom. The summed E-state index contributed by atoms with van der Waals surface area (Å²) >= 11 is 0. The topological polar surface area (TPSA) is 32.7 Å². The van der Waals surface area contributed by atoms with Gasteiger partial charge in [0.2, 0.25) is 0 Å². The van der Waals surface area contributed by atoms with Crippen molar-refractivity contribution in [3.05, 3.63) is 35.4 Å². The SMILES string of the molecule is CC1(O)CCOC2(CCN(Cc3ccccc3C(F)(F)F)CC2)C1. The molecule has 0 saturated carbocycles. The van der Waals surface area contributed by atoms with Crippen molar-refractivity contribution in [2.75, 3.05) is 19.7 Å². The molecule has 0 aromatic heterocycles. The predicted octanol–water partition coefficient (Wildman–Crippen LogP) is 3.60.